The van der Waals surface area contributed by atoms with Gasteiger partial charge in [-0.15, -0.1) is 0 Å². The Bertz CT molecular complexity index is 904. The highest BCUT2D eigenvalue weighted by Gasteiger charge is 2.21. The normalized spacial score (nSPS) is 16.2. The molecule has 1 aliphatic heterocycles. The van der Waals surface area contributed by atoms with Gasteiger partial charge in [0.25, 0.3) is 11.5 Å². The van der Waals surface area contributed by atoms with E-state index in [2.05, 4.69) is 5.32 Å². The summed E-state index contributed by atoms with van der Waals surface area (Å²) in [7, 11) is 0. The Hall–Kier alpha value is -2.31. The molecule has 0 saturated carbocycles. The molecule has 0 radical (unpaired) electrons. The van der Waals surface area contributed by atoms with E-state index < -0.39 is 5.91 Å². The largest absolute Gasteiger partial charge is 0.490 e. The lowest BCUT2D eigenvalue weighted by Crippen LogP contribution is -2.33. The van der Waals surface area contributed by atoms with Crippen LogP contribution in [0.15, 0.2) is 35.3 Å². The van der Waals surface area contributed by atoms with Crippen LogP contribution in [0.2, 0.25) is 5.02 Å². The number of nitrogens with zero attached hydrogens (tertiary/aromatic N) is 1. The van der Waals surface area contributed by atoms with E-state index in [1.165, 1.54) is 0 Å². The molecule has 1 amide bonds. The monoisotopic (exact) mass is 404 g/mol. The third-order valence-electron chi connectivity index (χ3n) is 4.69. The SMILES string of the molecule is CCCOc1c(Cl)cccc1NC(=O)c1c(C)ccn(CC2CCCO2)c1=O. The number of nitrogens with one attached hydrogen (secondary N) is 1. The molecule has 0 bridgehead atoms. The molecule has 28 heavy (non-hydrogen) atoms. The van der Waals surface area contributed by atoms with Crippen molar-refractivity contribution in [1.82, 2.24) is 4.57 Å². The Labute approximate surface area is 169 Å². The summed E-state index contributed by atoms with van der Waals surface area (Å²) in [4.78, 5) is 25.9. The van der Waals surface area contributed by atoms with Crippen molar-refractivity contribution in [3.63, 3.8) is 0 Å². The minimum atomic E-state index is -0.479. The highest BCUT2D eigenvalue weighted by atomic mass is 35.5. The fourth-order valence-electron chi connectivity index (χ4n) is 3.24. The van der Waals surface area contributed by atoms with Crippen molar-refractivity contribution in [2.45, 2.75) is 45.8 Å². The summed E-state index contributed by atoms with van der Waals surface area (Å²) in [6.45, 7) is 5.37. The molecule has 150 valence electrons. The number of ether oxygens (including phenoxy) is 2. The number of pyridine rings is 1. The maximum absolute atomic E-state index is 12.9. The van der Waals surface area contributed by atoms with E-state index in [0.717, 1.165) is 19.3 Å². The van der Waals surface area contributed by atoms with E-state index in [1.54, 1.807) is 42.0 Å². The highest BCUT2D eigenvalue weighted by Crippen LogP contribution is 2.33. The summed E-state index contributed by atoms with van der Waals surface area (Å²) >= 11 is 6.22. The van der Waals surface area contributed by atoms with Crippen LogP contribution >= 0.6 is 11.6 Å². The van der Waals surface area contributed by atoms with Gasteiger partial charge in [-0.1, -0.05) is 24.6 Å². The van der Waals surface area contributed by atoms with Gasteiger partial charge < -0.3 is 19.4 Å². The van der Waals surface area contributed by atoms with Crippen LogP contribution in [0.25, 0.3) is 0 Å². The lowest BCUT2D eigenvalue weighted by molar-refractivity contribution is 0.0952. The van der Waals surface area contributed by atoms with Gasteiger partial charge in [-0.05, 0) is 49.9 Å². The van der Waals surface area contributed by atoms with Gasteiger partial charge in [0.15, 0.2) is 5.75 Å². The van der Waals surface area contributed by atoms with Gasteiger partial charge in [0, 0.05) is 12.8 Å². The number of anilines is 1. The van der Waals surface area contributed by atoms with E-state index in [0.29, 0.717) is 41.8 Å². The highest BCUT2D eigenvalue weighted by molar-refractivity contribution is 6.32. The number of carbonyl (C=O) groups is 1. The van der Waals surface area contributed by atoms with Crippen LogP contribution in [0.4, 0.5) is 5.69 Å². The molecule has 1 atom stereocenters. The van der Waals surface area contributed by atoms with E-state index in [4.69, 9.17) is 21.1 Å². The van der Waals surface area contributed by atoms with E-state index in [9.17, 15) is 9.59 Å². The first-order valence-corrected chi connectivity index (χ1v) is 9.93. The summed E-state index contributed by atoms with van der Waals surface area (Å²) in [6.07, 6.45) is 4.45. The number of hydrogen-bond acceptors (Lipinski definition) is 4. The van der Waals surface area contributed by atoms with Gasteiger partial charge in [0.05, 0.1) is 30.0 Å². The van der Waals surface area contributed by atoms with Gasteiger partial charge >= 0.3 is 0 Å². The molecule has 1 N–H and O–H groups in total. The zero-order valence-corrected chi connectivity index (χ0v) is 16.9. The molecule has 0 aliphatic carbocycles. The molecular formula is C21H25ClN2O4. The molecule has 1 fully saturated rings. The minimum Gasteiger partial charge on any atom is -0.490 e. The number of aromatic nitrogens is 1. The summed E-state index contributed by atoms with van der Waals surface area (Å²) in [5.74, 6) is -0.0690. The first-order valence-electron chi connectivity index (χ1n) is 9.55. The summed E-state index contributed by atoms with van der Waals surface area (Å²) in [5.41, 5.74) is 0.844. The molecule has 7 heteroatoms. The Morgan fingerprint density at radius 1 is 1.39 bits per heavy atom. The predicted molar refractivity (Wildman–Crippen MR) is 110 cm³/mol. The van der Waals surface area contributed by atoms with Crippen LogP contribution in [0.1, 0.15) is 42.1 Å². The summed E-state index contributed by atoms with van der Waals surface area (Å²) < 4.78 is 12.8. The minimum absolute atomic E-state index is 0.0123. The molecule has 0 spiro atoms. The molecule has 1 saturated heterocycles. The van der Waals surface area contributed by atoms with Gasteiger partial charge in [0.1, 0.15) is 5.56 Å². The molecule has 1 aromatic heterocycles. The van der Waals surface area contributed by atoms with Crippen molar-refractivity contribution in [1.29, 1.82) is 0 Å². The first kappa shape index (κ1) is 20.4. The number of amides is 1. The molecular weight excluding hydrogens is 380 g/mol. The zero-order valence-electron chi connectivity index (χ0n) is 16.2. The van der Waals surface area contributed by atoms with Crippen LogP contribution in [0.5, 0.6) is 5.75 Å². The van der Waals surface area contributed by atoms with Crippen molar-refractivity contribution in [3.05, 3.63) is 57.0 Å². The third kappa shape index (κ3) is 4.56. The lowest BCUT2D eigenvalue weighted by atomic mass is 10.1. The number of para-hydroxylation sites is 1. The van der Waals surface area contributed by atoms with Crippen molar-refractivity contribution in [3.8, 4) is 5.75 Å². The lowest BCUT2D eigenvalue weighted by Gasteiger charge is -2.16. The Morgan fingerprint density at radius 3 is 2.93 bits per heavy atom. The topological polar surface area (TPSA) is 69.6 Å². The van der Waals surface area contributed by atoms with Crippen molar-refractivity contribution in [2.75, 3.05) is 18.5 Å². The molecule has 1 unspecified atom stereocenters. The van der Waals surface area contributed by atoms with Crippen LogP contribution in [0.3, 0.4) is 0 Å². The van der Waals surface area contributed by atoms with Crippen molar-refractivity contribution < 1.29 is 14.3 Å². The second kappa shape index (κ2) is 9.26. The number of aryl methyl sites for hydroxylation is 1. The van der Waals surface area contributed by atoms with Gasteiger partial charge in [-0.25, -0.2) is 0 Å². The number of carbonyl (C=O) groups excluding carboxylic acids is 1. The predicted octanol–water partition coefficient (Wildman–Crippen LogP) is 4.03. The fraction of sp³-hybridized carbons (Fsp3) is 0.429. The van der Waals surface area contributed by atoms with Gasteiger partial charge in [-0.3, -0.25) is 9.59 Å². The molecule has 2 heterocycles. The average molecular weight is 405 g/mol. The second-order valence-electron chi connectivity index (χ2n) is 6.89. The van der Waals surface area contributed by atoms with Crippen LogP contribution < -0.4 is 15.6 Å². The van der Waals surface area contributed by atoms with E-state index in [-0.39, 0.29) is 17.2 Å². The van der Waals surface area contributed by atoms with Gasteiger partial charge in [0.2, 0.25) is 0 Å². The van der Waals surface area contributed by atoms with Crippen LogP contribution in [0, 0.1) is 6.92 Å². The maximum Gasteiger partial charge on any atom is 0.263 e. The molecule has 6 nitrogen and oxygen atoms in total. The Morgan fingerprint density at radius 2 is 2.21 bits per heavy atom. The van der Waals surface area contributed by atoms with Crippen molar-refractivity contribution in [2.24, 2.45) is 0 Å². The first-order chi connectivity index (χ1) is 13.5. The fourth-order valence-corrected chi connectivity index (χ4v) is 3.46. The van der Waals surface area contributed by atoms with E-state index >= 15 is 0 Å². The number of benzene rings is 1. The standard InChI is InChI=1S/C21H25ClN2O4/c1-3-11-28-19-16(22)7-4-8-17(19)23-20(25)18-14(2)9-10-24(21(18)26)13-15-6-5-12-27-15/h4,7-10,15H,3,5-6,11-13H2,1-2H3,(H,23,25). The molecule has 2 aromatic rings. The zero-order chi connectivity index (χ0) is 20.1. The number of rotatable bonds is 7. The van der Waals surface area contributed by atoms with Crippen LogP contribution in [-0.2, 0) is 11.3 Å². The Balaban J connectivity index is 1.87. The van der Waals surface area contributed by atoms with Gasteiger partial charge in [-0.2, -0.15) is 0 Å². The maximum atomic E-state index is 12.9. The second-order valence-corrected chi connectivity index (χ2v) is 7.29. The van der Waals surface area contributed by atoms with Crippen molar-refractivity contribution >= 4 is 23.2 Å². The Kier molecular flexibility index (Phi) is 6.75. The molecule has 1 aromatic carbocycles. The third-order valence-corrected chi connectivity index (χ3v) is 4.99. The molecule has 1 aliphatic rings. The number of hydrogen-bond donors (Lipinski definition) is 1. The quantitative estimate of drug-likeness (QED) is 0.756. The average Bonchev–Trinajstić information content (AvgIpc) is 3.17. The van der Waals surface area contributed by atoms with Crippen LogP contribution in [-0.4, -0.2) is 29.8 Å². The summed E-state index contributed by atoms with van der Waals surface area (Å²) in [6, 6.07) is 6.91. The number of halogens is 1. The molecule has 3 rings (SSSR count). The summed E-state index contributed by atoms with van der Waals surface area (Å²) in [5, 5.41) is 3.20. The smallest absolute Gasteiger partial charge is 0.263 e. The van der Waals surface area contributed by atoms with E-state index in [1.807, 2.05) is 6.92 Å².